The Kier molecular flexibility index (Phi) is 5.90. The monoisotopic (exact) mass is 410 g/mol. The molecular formula is C23H30N4O3. The lowest BCUT2D eigenvalue weighted by Crippen LogP contribution is -2.40. The van der Waals surface area contributed by atoms with Crippen LogP contribution in [0.15, 0.2) is 29.1 Å². The van der Waals surface area contributed by atoms with Gasteiger partial charge >= 0.3 is 0 Å². The van der Waals surface area contributed by atoms with Crippen LogP contribution in [0.1, 0.15) is 55.4 Å². The summed E-state index contributed by atoms with van der Waals surface area (Å²) in [7, 11) is 1.63. The molecule has 0 bridgehead atoms. The summed E-state index contributed by atoms with van der Waals surface area (Å²) in [5.41, 5.74) is 2.55. The van der Waals surface area contributed by atoms with Crippen molar-refractivity contribution < 1.29 is 9.53 Å². The van der Waals surface area contributed by atoms with E-state index in [4.69, 9.17) is 9.72 Å². The number of hydrogen-bond acceptors (Lipinski definition) is 5. The third-order valence-corrected chi connectivity index (χ3v) is 6.25. The lowest BCUT2D eigenvalue weighted by Gasteiger charge is -2.31. The maximum atomic E-state index is 13.0. The van der Waals surface area contributed by atoms with Crippen molar-refractivity contribution in [1.29, 1.82) is 0 Å². The van der Waals surface area contributed by atoms with E-state index < -0.39 is 0 Å². The molecule has 0 radical (unpaired) electrons. The summed E-state index contributed by atoms with van der Waals surface area (Å²) in [5.74, 6) is 1.48. The zero-order chi connectivity index (χ0) is 21.3. The number of nitrogens with one attached hydrogen (secondary N) is 1. The summed E-state index contributed by atoms with van der Waals surface area (Å²) in [4.78, 5) is 37.8. The quantitative estimate of drug-likeness (QED) is 0.819. The molecule has 4 rings (SSSR count). The number of hydrogen-bond donors (Lipinski definition) is 1. The first-order valence-electron chi connectivity index (χ1n) is 10.7. The smallest absolute Gasteiger partial charge is 0.255 e. The maximum Gasteiger partial charge on any atom is 0.255 e. The number of nitrogens with zero attached hydrogens (tertiary/aromatic N) is 3. The number of likely N-dealkylation sites (tertiary alicyclic amines) is 1. The van der Waals surface area contributed by atoms with Gasteiger partial charge in [-0.25, -0.2) is 4.98 Å². The molecule has 1 aromatic heterocycles. The molecule has 2 aromatic rings. The summed E-state index contributed by atoms with van der Waals surface area (Å²) in [5, 5.41) is 0. The first kappa shape index (κ1) is 20.6. The van der Waals surface area contributed by atoms with Gasteiger partial charge in [-0.3, -0.25) is 14.5 Å². The van der Waals surface area contributed by atoms with Gasteiger partial charge in [-0.15, -0.1) is 0 Å². The Morgan fingerprint density at radius 1 is 1.27 bits per heavy atom. The van der Waals surface area contributed by atoms with Crippen molar-refractivity contribution in [2.45, 2.75) is 58.2 Å². The van der Waals surface area contributed by atoms with Crippen LogP contribution in [0.3, 0.4) is 0 Å². The van der Waals surface area contributed by atoms with Gasteiger partial charge in [-0.2, -0.15) is 0 Å². The van der Waals surface area contributed by atoms with Gasteiger partial charge in [0, 0.05) is 32.1 Å². The minimum absolute atomic E-state index is 0.0604. The Morgan fingerprint density at radius 3 is 2.73 bits per heavy atom. The van der Waals surface area contributed by atoms with Crippen LogP contribution < -0.4 is 10.3 Å². The largest absolute Gasteiger partial charge is 0.497 e. The van der Waals surface area contributed by atoms with Crippen LogP contribution in [0.2, 0.25) is 0 Å². The molecule has 0 unspecified atom stereocenters. The van der Waals surface area contributed by atoms with Crippen LogP contribution >= 0.6 is 0 Å². The zero-order valence-electron chi connectivity index (χ0n) is 18.0. The number of benzene rings is 1. The Labute approximate surface area is 177 Å². The molecule has 0 saturated carbocycles. The van der Waals surface area contributed by atoms with Gasteiger partial charge in [0.2, 0.25) is 5.91 Å². The number of fused-ring (bicyclic) bond motifs is 1. The molecule has 1 atom stereocenters. The van der Waals surface area contributed by atoms with Gasteiger partial charge in [0.1, 0.15) is 11.6 Å². The lowest BCUT2D eigenvalue weighted by atomic mass is 10.0. The van der Waals surface area contributed by atoms with Gasteiger partial charge in [0.25, 0.3) is 5.56 Å². The van der Waals surface area contributed by atoms with Crippen molar-refractivity contribution in [3.8, 4) is 5.75 Å². The van der Waals surface area contributed by atoms with E-state index in [1.165, 1.54) is 0 Å². The van der Waals surface area contributed by atoms with E-state index in [-0.39, 0.29) is 17.5 Å². The van der Waals surface area contributed by atoms with Crippen molar-refractivity contribution in [1.82, 2.24) is 19.8 Å². The van der Waals surface area contributed by atoms with Gasteiger partial charge in [0.15, 0.2) is 0 Å². The van der Waals surface area contributed by atoms with E-state index in [1.54, 1.807) is 7.11 Å². The van der Waals surface area contributed by atoms with Crippen LogP contribution in [0.4, 0.5) is 0 Å². The third-order valence-electron chi connectivity index (χ3n) is 6.25. The minimum Gasteiger partial charge on any atom is -0.497 e. The fourth-order valence-electron chi connectivity index (χ4n) is 4.43. The van der Waals surface area contributed by atoms with Crippen LogP contribution in [0, 0.1) is 0 Å². The molecule has 1 saturated heterocycles. The second-order valence-corrected chi connectivity index (χ2v) is 8.46. The summed E-state index contributed by atoms with van der Waals surface area (Å²) in [6.07, 6.45) is 2.85. The molecule has 3 heterocycles. The second kappa shape index (κ2) is 8.60. The third kappa shape index (κ3) is 4.12. The number of carbonyl (C=O) groups excluding carboxylic acids is 1. The first-order valence-corrected chi connectivity index (χ1v) is 10.7. The lowest BCUT2D eigenvalue weighted by molar-refractivity contribution is -0.131. The van der Waals surface area contributed by atoms with E-state index >= 15 is 0 Å². The van der Waals surface area contributed by atoms with E-state index in [1.807, 2.05) is 29.2 Å². The summed E-state index contributed by atoms with van der Waals surface area (Å²) in [6.45, 7) is 6.53. The summed E-state index contributed by atoms with van der Waals surface area (Å²) >= 11 is 0. The standard InChI is InChI=1S/C23H30N4O3/c1-15(2)26-12-10-19-18(14-26)23(29)25-22(24-19)20-5-4-11-27(20)21(28)13-16-6-8-17(30-3)9-7-16/h6-9,15,20H,4-5,10-14H2,1-3H3,(H,24,25,29)/t20-/m0/s1. The predicted octanol–water partition coefficient (Wildman–Crippen LogP) is 2.45. The van der Waals surface area contributed by atoms with Gasteiger partial charge in [-0.1, -0.05) is 12.1 Å². The Balaban J connectivity index is 1.52. The van der Waals surface area contributed by atoms with Crippen molar-refractivity contribution in [2.75, 3.05) is 20.2 Å². The minimum atomic E-state index is -0.156. The van der Waals surface area contributed by atoms with Gasteiger partial charge in [0.05, 0.1) is 30.8 Å². The second-order valence-electron chi connectivity index (χ2n) is 8.46. The highest BCUT2D eigenvalue weighted by Crippen LogP contribution is 2.31. The predicted molar refractivity (Wildman–Crippen MR) is 114 cm³/mol. The highest BCUT2D eigenvalue weighted by Gasteiger charge is 2.33. The molecule has 0 aliphatic carbocycles. The Bertz CT molecular complexity index is 967. The topological polar surface area (TPSA) is 78.5 Å². The molecule has 1 N–H and O–H groups in total. The van der Waals surface area contributed by atoms with Crippen LogP contribution in [-0.2, 0) is 24.2 Å². The van der Waals surface area contributed by atoms with Gasteiger partial charge in [-0.05, 0) is 44.4 Å². The normalized spacial score (nSPS) is 19.2. The average molecular weight is 411 g/mol. The number of aromatic amines is 1. The molecule has 2 aliphatic rings. The number of amides is 1. The summed E-state index contributed by atoms with van der Waals surface area (Å²) < 4.78 is 5.18. The molecule has 1 amide bonds. The fraction of sp³-hybridized carbons (Fsp3) is 0.522. The van der Waals surface area contributed by atoms with Crippen LogP contribution in [-0.4, -0.2) is 51.9 Å². The van der Waals surface area contributed by atoms with Crippen LogP contribution in [0.5, 0.6) is 5.75 Å². The van der Waals surface area contributed by atoms with E-state index in [0.717, 1.165) is 48.4 Å². The molecule has 2 aliphatic heterocycles. The van der Waals surface area contributed by atoms with E-state index in [2.05, 4.69) is 23.7 Å². The van der Waals surface area contributed by atoms with Crippen molar-refractivity contribution >= 4 is 5.91 Å². The number of carbonyl (C=O) groups is 1. The fourth-order valence-corrected chi connectivity index (χ4v) is 4.43. The Morgan fingerprint density at radius 2 is 2.03 bits per heavy atom. The van der Waals surface area contributed by atoms with Crippen molar-refractivity contribution in [3.05, 3.63) is 57.3 Å². The SMILES string of the molecule is COc1ccc(CC(=O)N2CCC[C@H]2c2nc3c(c(=O)[nH]2)CN(C(C)C)CC3)cc1. The number of methoxy groups -OCH3 is 1. The molecule has 30 heavy (non-hydrogen) atoms. The molecule has 1 aromatic carbocycles. The Hall–Kier alpha value is -2.67. The van der Waals surface area contributed by atoms with Crippen molar-refractivity contribution in [2.24, 2.45) is 0 Å². The highest BCUT2D eigenvalue weighted by molar-refractivity contribution is 5.79. The summed E-state index contributed by atoms with van der Waals surface area (Å²) in [6, 6.07) is 7.82. The average Bonchev–Trinajstić information content (AvgIpc) is 3.24. The number of rotatable bonds is 5. The molecular weight excluding hydrogens is 380 g/mol. The molecule has 7 heteroatoms. The molecule has 0 spiro atoms. The van der Waals surface area contributed by atoms with E-state index in [0.29, 0.717) is 31.4 Å². The molecule has 7 nitrogen and oxygen atoms in total. The number of H-pyrrole nitrogens is 1. The molecule has 1 fully saturated rings. The highest BCUT2D eigenvalue weighted by atomic mass is 16.5. The zero-order valence-corrected chi connectivity index (χ0v) is 18.0. The number of aromatic nitrogens is 2. The molecule has 160 valence electrons. The van der Waals surface area contributed by atoms with E-state index in [9.17, 15) is 9.59 Å². The van der Waals surface area contributed by atoms with Gasteiger partial charge < -0.3 is 14.6 Å². The van der Waals surface area contributed by atoms with Crippen molar-refractivity contribution in [3.63, 3.8) is 0 Å². The maximum absolute atomic E-state index is 13.0. The first-order chi connectivity index (χ1) is 14.5. The van der Waals surface area contributed by atoms with Crippen LogP contribution in [0.25, 0.3) is 0 Å². The number of ether oxygens (including phenoxy) is 1.